The monoisotopic (exact) mass is 272 g/mol. The van der Waals surface area contributed by atoms with Crippen molar-refractivity contribution in [1.29, 1.82) is 0 Å². The van der Waals surface area contributed by atoms with Crippen molar-refractivity contribution >= 4 is 11.6 Å². The van der Waals surface area contributed by atoms with E-state index >= 15 is 0 Å². The minimum absolute atomic E-state index is 0.295. The van der Waals surface area contributed by atoms with E-state index in [9.17, 15) is 22.7 Å². The molecule has 1 unspecified atom stereocenters. The van der Waals surface area contributed by atoms with E-state index in [0.29, 0.717) is 6.92 Å². The molecule has 0 aliphatic rings. The summed E-state index contributed by atoms with van der Waals surface area (Å²) in [5.74, 6) is -1.44. The maximum atomic E-state index is 13.4. The zero-order chi connectivity index (χ0) is 13.4. The van der Waals surface area contributed by atoms with E-state index in [0.717, 1.165) is 19.2 Å². The van der Waals surface area contributed by atoms with Gasteiger partial charge in [-0.15, -0.1) is 0 Å². The molecular weight excluding hydrogens is 264 g/mol. The number of benzene rings is 1. The van der Waals surface area contributed by atoms with Crippen LogP contribution in [-0.2, 0) is 5.60 Å². The Hall–Kier alpha value is -1.01. The summed E-state index contributed by atoms with van der Waals surface area (Å²) in [6.07, 6.45) is -4.96. The van der Waals surface area contributed by atoms with Gasteiger partial charge in [0.2, 0.25) is 0 Å². The highest BCUT2D eigenvalue weighted by molar-refractivity contribution is 6.31. The summed E-state index contributed by atoms with van der Waals surface area (Å²) in [5, 5.41) is 8.56. The van der Waals surface area contributed by atoms with Gasteiger partial charge in [0.25, 0.3) is 0 Å². The number of hydrogen-bond acceptors (Lipinski definition) is 2. The molecular formula is C10H9ClF4O2. The number of alkyl halides is 3. The molecule has 0 amide bonds. The van der Waals surface area contributed by atoms with Gasteiger partial charge in [0.1, 0.15) is 0 Å². The molecule has 0 aliphatic heterocycles. The minimum Gasteiger partial charge on any atom is -0.494 e. The largest absolute Gasteiger partial charge is 0.494 e. The van der Waals surface area contributed by atoms with Crippen molar-refractivity contribution in [1.82, 2.24) is 0 Å². The highest BCUT2D eigenvalue weighted by atomic mass is 35.5. The van der Waals surface area contributed by atoms with Gasteiger partial charge >= 0.3 is 6.18 Å². The SMILES string of the molecule is COc1ccc(C(C)(O)C(F)(F)F)c(Cl)c1F. The maximum Gasteiger partial charge on any atom is 0.421 e. The van der Waals surface area contributed by atoms with E-state index in [4.69, 9.17) is 11.6 Å². The molecule has 0 saturated heterocycles. The molecule has 0 bridgehead atoms. The Balaban J connectivity index is 3.40. The second kappa shape index (κ2) is 4.34. The van der Waals surface area contributed by atoms with Crippen molar-refractivity contribution in [2.24, 2.45) is 0 Å². The van der Waals surface area contributed by atoms with E-state index in [1.54, 1.807) is 0 Å². The van der Waals surface area contributed by atoms with Crippen LogP contribution in [0.2, 0.25) is 5.02 Å². The van der Waals surface area contributed by atoms with E-state index in [1.807, 2.05) is 0 Å². The highest BCUT2D eigenvalue weighted by Crippen LogP contribution is 2.43. The second-order valence-electron chi connectivity index (χ2n) is 3.51. The third-order valence-electron chi connectivity index (χ3n) is 2.34. The lowest BCUT2D eigenvalue weighted by atomic mass is 9.95. The van der Waals surface area contributed by atoms with Crippen molar-refractivity contribution in [3.05, 3.63) is 28.5 Å². The van der Waals surface area contributed by atoms with E-state index in [-0.39, 0.29) is 5.75 Å². The topological polar surface area (TPSA) is 29.5 Å². The van der Waals surface area contributed by atoms with Crippen molar-refractivity contribution in [2.45, 2.75) is 18.7 Å². The molecule has 0 aromatic heterocycles. The standard InChI is InChI=1S/C10H9ClF4O2/c1-9(16,10(13,14)15)5-3-4-6(17-2)8(12)7(5)11/h3-4,16H,1-2H3. The van der Waals surface area contributed by atoms with Gasteiger partial charge < -0.3 is 9.84 Å². The molecule has 96 valence electrons. The molecule has 0 heterocycles. The number of halogens is 5. The minimum atomic E-state index is -4.96. The van der Waals surface area contributed by atoms with Crippen LogP contribution in [0.1, 0.15) is 12.5 Å². The van der Waals surface area contributed by atoms with Gasteiger partial charge in [-0.2, -0.15) is 13.2 Å². The Morgan fingerprint density at radius 3 is 2.24 bits per heavy atom. The van der Waals surface area contributed by atoms with Crippen LogP contribution in [0, 0.1) is 5.82 Å². The van der Waals surface area contributed by atoms with Gasteiger partial charge in [0, 0.05) is 5.56 Å². The van der Waals surface area contributed by atoms with Crippen LogP contribution in [-0.4, -0.2) is 18.4 Å². The summed E-state index contributed by atoms with van der Waals surface area (Å²) >= 11 is 5.45. The fourth-order valence-corrected chi connectivity index (χ4v) is 1.56. The molecule has 0 spiro atoms. The predicted molar refractivity (Wildman–Crippen MR) is 53.6 cm³/mol. The molecule has 1 aromatic rings. The molecule has 0 radical (unpaired) electrons. The molecule has 0 aliphatic carbocycles. The lowest BCUT2D eigenvalue weighted by molar-refractivity contribution is -0.258. The van der Waals surface area contributed by atoms with Crippen LogP contribution < -0.4 is 4.74 Å². The lowest BCUT2D eigenvalue weighted by Gasteiger charge is -2.27. The highest BCUT2D eigenvalue weighted by Gasteiger charge is 2.52. The van der Waals surface area contributed by atoms with Gasteiger partial charge in [-0.05, 0) is 13.0 Å². The predicted octanol–water partition coefficient (Wildman–Crippen LogP) is 3.26. The van der Waals surface area contributed by atoms with Crippen LogP contribution in [0.25, 0.3) is 0 Å². The van der Waals surface area contributed by atoms with Gasteiger partial charge in [-0.1, -0.05) is 17.7 Å². The summed E-state index contributed by atoms with van der Waals surface area (Å²) < 4.78 is 55.7. The van der Waals surface area contributed by atoms with Gasteiger partial charge in [0.05, 0.1) is 12.1 Å². The second-order valence-corrected chi connectivity index (χ2v) is 3.89. The Morgan fingerprint density at radius 2 is 1.82 bits per heavy atom. The fraction of sp³-hybridized carbons (Fsp3) is 0.400. The Labute approximate surface area is 99.8 Å². The fourth-order valence-electron chi connectivity index (χ4n) is 1.22. The number of rotatable bonds is 2. The molecule has 1 aromatic carbocycles. The Bertz CT molecular complexity index is 429. The van der Waals surface area contributed by atoms with Crippen molar-refractivity contribution in [3.63, 3.8) is 0 Å². The molecule has 7 heteroatoms. The average Bonchev–Trinajstić information content (AvgIpc) is 2.20. The number of methoxy groups -OCH3 is 1. The van der Waals surface area contributed by atoms with Crippen molar-refractivity contribution in [3.8, 4) is 5.75 Å². The lowest BCUT2D eigenvalue weighted by Crippen LogP contribution is -2.39. The van der Waals surface area contributed by atoms with E-state index in [2.05, 4.69) is 4.74 Å². The number of ether oxygens (including phenoxy) is 1. The van der Waals surface area contributed by atoms with Crippen LogP contribution in [0.15, 0.2) is 12.1 Å². The first-order valence-corrected chi connectivity index (χ1v) is 4.82. The summed E-state index contributed by atoms with van der Waals surface area (Å²) in [6.45, 7) is 0.500. The summed E-state index contributed by atoms with van der Waals surface area (Å²) in [5.41, 5.74) is -3.98. The van der Waals surface area contributed by atoms with E-state index in [1.165, 1.54) is 0 Å². The molecule has 17 heavy (non-hydrogen) atoms. The molecule has 1 N–H and O–H groups in total. The summed E-state index contributed by atoms with van der Waals surface area (Å²) in [6, 6.07) is 1.84. The van der Waals surface area contributed by atoms with Crippen LogP contribution in [0.5, 0.6) is 5.75 Å². The zero-order valence-corrected chi connectivity index (χ0v) is 9.66. The van der Waals surface area contributed by atoms with Crippen LogP contribution in [0.3, 0.4) is 0 Å². The van der Waals surface area contributed by atoms with E-state index < -0.39 is 28.2 Å². The quantitative estimate of drug-likeness (QED) is 0.838. The molecule has 0 saturated carbocycles. The van der Waals surface area contributed by atoms with Crippen LogP contribution in [0.4, 0.5) is 17.6 Å². The van der Waals surface area contributed by atoms with Crippen LogP contribution >= 0.6 is 11.6 Å². The van der Waals surface area contributed by atoms with Gasteiger partial charge in [-0.3, -0.25) is 0 Å². The first-order chi connectivity index (χ1) is 7.63. The molecule has 0 fully saturated rings. The van der Waals surface area contributed by atoms with Gasteiger partial charge in [0.15, 0.2) is 17.2 Å². The number of aliphatic hydroxyl groups is 1. The zero-order valence-electron chi connectivity index (χ0n) is 8.90. The van der Waals surface area contributed by atoms with Crippen molar-refractivity contribution < 1.29 is 27.4 Å². The molecule has 1 rings (SSSR count). The first kappa shape index (κ1) is 14.1. The summed E-state index contributed by atoms with van der Waals surface area (Å²) in [4.78, 5) is 0. The molecule has 2 nitrogen and oxygen atoms in total. The maximum absolute atomic E-state index is 13.4. The molecule has 1 atom stereocenters. The third-order valence-corrected chi connectivity index (χ3v) is 2.71. The Kier molecular flexibility index (Phi) is 3.59. The smallest absolute Gasteiger partial charge is 0.421 e. The summed E-state index contributed by atoms with van der Waals surface area (Å²) in [7, 11) is 1.15. The first-order valence-electron chi connectivity index (χ1n) is 4.44. The number of hydrogen-bond donors (Lipinski definition) is 1. The normalized spacial score (nSPS) is 15.5. The van der Waals surface area contributed by atoms with Gasteiger partial charge in [-0.25, -0.2) is 4.39 Å². The Morgan fingerprint density at radius 1 is 1.29 bits per heavy atom. The van der Waals surface area contributed by atoms with Crippen molar-refractivity contribution in [2.75, 3.05) is 7.11 Å². The third kappa shape index (κ3) is 2.32. The average molecular weight is 273 g/mol.